The maximum atomic E-state index is 12.5. The first-order chi connectivity index (χ1) is 9.78. The van der Waals surface area contributed by atoms with Crippen molar-refractivity contribution in [1.29, 1.82) is 0 Å². The van der Waals surface area contributed by atoms with Crippen molar-refractivity contribution in [2.24, 2.45) is 5.92 Å². The number of nitrogens with zero attached hydrogens (tertiary/aromatic N) is 1. The van der Waals surface area contributed by atoms with E-state index in [1.54, 1.807) is 11.3 Å². The average molecular weight is 292 g/mol. The molecule has 1 aromatic rings. The van der Waals surface area contributed by atoms with E-state index in [1.165, 1.54) is 17.7 Å². The number of amides is 1. The number of rotatable bonds is 6. The van der Waals surface area contributed by atoms with Crippen molar-refractivity contribution in [2.45, 2.75) is 37.4 Å². The maximum absolute atomic E-state index is 12.5. The summed E-state index contributed by atoms with van der Waals surface area (Å²) in [5.74, 6) is 1.05. The summed E-state index contributed by atoms with van der Waals surface area (Å²) in [6.45, 7) is 2.22. The van der Waals surface area contributed by atoms with Crippen molar-refractivity contribution in [1.82, 2.24) is 10.2 Å². The topological polar surface area (TPSA) is 41.6 Å². The molecule has 1 unspecified atom stereocenters. The van der Waals surface area contributed by atoms with Crippen LogP contribution in [-0.4, -0.2) is 36.1 Å². The molecule has 3 aliphatic rings. The van der Waals surface area contributed by atoms with E-state index >= 15 is 0 Å². The van der Waals surface area contributed by atoms with Gasteiger partial charge >= 0.3 is 0 Å². The molecule has 1 aromatic heterocycles. The van der Waals surface area contributed by atoms with Gasteiger partial charge in [0, 0.05) is 18.0 Å². The molecule has 20 heavy (non-hydrogen) atoms. The molecule has 108 valence electrons. The van der Waals surface area contributed by atoms with Gasteiger partial charge in [-0.15, -0.1) is 11.3 Å². The Balaban J connectivity index is 1.41. The van der Waals surface area contributed by atoms with Crippen LogP contribution in [0, 0.1) is 5.92 Å². The van der Waals surface area contributed by atoms with Gasteiger partial charge in [0.2, 0.25) is 5.91 Å². The fourth-order valence-electron chi connectivity index (χ4n) is 2.88. The highest BCUT2D eigenvalue weighted by atomic mass is 32.1. The largest absolute Gasteiger partial charge is 0.379 e. The van der Waals surface area contributed by atoms with Crippen molar-refractivity contribution in [3.8, 4) is 0 Å². The molecule has 1 saturated heterocycles. The minimum absolute atomic E-state index is 0.0505. The van der Waals surface area contributed by atoms with Gasteiger partial charge in [-0.05, 0) is 43.0 Å². The summed E-state index contributed by atoms with van der Waals surface area (Å²) in [5, 5.41) is 5.61. The minimum atomic E-state index is -0.245. The van der Waals surface area contributed by atoms with Crippen LogP contribution in [0.25, 0.3) is 0 Å². The van der Waals surface area contributed by atoms with E-state index in [1.807, 2.05) is 11.0 Å². The minimum Gasteiger partial charge on any atom is -0.379 e. The molecule has 2 saturated carbocycles. The van der Waals surface area contributed by atoms with E-state index < -0.39 is 0 Å². The summed E-state index contributed by atoms with van der Waals surface area (Å²) in [4.78, 5) is 15.8. The zero-order chi connectivity index (χ0) is 13.6. The van der Waals surface area contributed by atoms with Gasteiger partial charge in [0.25, 0.3) is 0 Å². The molecule has 2 heterocycles. The van der Waals surface area contributed by atoms with Crippen LogP contribution in [0.15, 0.2) is 17.5 Å². The van der Waals surface area contributed by atoms with Crippen molar-refractivity contribution >= 4 is 17.2 Å². The summed E-state index contributed by atoms with van der Waals surface area (Å²) < 4.78 is 5.70. The van der Waals surface area contributed by atoms with Crippen molar-refractivity contribution in [2.75, 3.05) is 19.8 Å². The Kier molecular flexibility index (Phi) is 3.09. The Hall–Kier alpha value is -0.910. The second-order valence-electron chi connectivity index (χ2n) is 6.16. The van der Waals surface area contributed by atoms with Crippen LogP contribution in [0.2, 0.25) is 0 Å². The number of nitrogens with one attached hydrogen (secondary N) is 1. The summed E-state index contributed by atoms with van der Waals surface area (Å²) in [5.41, 5.74) is -0.245. The first kappa shape index (κ1) is 12.8. The molecular weight excluding hydrogens is 272 g/mol. The van der Waals surface area contributed by atoms with Gasteiger partial charge in [0.1, 0.15) is 11.7 Å². The van der Waals surface area contributed by atoms with Gasteiger partial charge in [-0.25, -0.2) is 0 Å². The monoisotopic (exact) mass is 292 g/mol. The molecule has 3 fully saturated rings. The third-order valence-electron chi connectivity index (χ3n) is 4.48. The standard InChI is InChI=1S/C15H20N2O2S/c18-14-15(5-6-15)16-13(12-2-1-9-20-12)17(14)7-8-19-10-11-3-4-11/h1-2,9,11,13,16H,3-8,10H2. The SMILES string of the molecule is O=C1N(CCOCC2CC2)C(c2cccs2)NC12CC2. The Labute approximate surface area is 123 Å². The van der Waals surface area contributed by atoms with Gasteiger partial charge in [0.05, 0.1) is 6.61 Å². The Morgan fingerprint density at radius 1 is 1.45 bits per heavy atom. The molecule has 0 bridgehead atoms. The van der Waals surface area contributed by atoms with Crippen LogP contribution in [0.3, 0.4) is 0 Å². The van der Waals surface area contributed by atoms with Gasteiger partial charge in [-0.1, -0.05) is 6.07 Å². The van der Waals surface area contributed by atoms with Gasteiger partial charge in [-0.3, -0.25) is 10.1 Å². The van der Waals surface area contributed by atoms with Crippen LogP contribution in [0.4, 0.5) is 0 Å². The van der Waals surface area contributed by atoms with E-state index in [0.717, 1.165) is 25.4 Å². The average Bonchev–Trinajstić information content (AvgIpc) is 3.35. The molecule has 4 rings (SSSR count). The Morgan fingerprint density at radius 3 is 2.95 bits per heavy atom. The van der Waals surface area contributed by atoms with Crippen LogP contribution < -0.4 is 5.32 Å². The number of carbonyl (C=O) groups excluding carboxylic acids is 1. The maximum Gasteiger partial charge on any atom is 0.244 e. The number of thiophene rings is 1. The second kappa shape index (κ2) is 4.83. The lowest BCUT2D eigenvalue weighted by Gasteiger charge is -2.23. The highest BCUT2D eigenvalue weighted by Gasteiger charge is 2.59. The lowest BCUT2D eigenvalue weighted by Crippen LogP contribution is -2.34. The van der Waals surface area contributed by atoms with Crippen molar-refractivity contribution in [3.05, 3.63) is 22.4 Å². The molecule has 1 N–H and O–H groups in total. The fourth-order valence-corrected chi connectivity index (χ4v) is 3.66. The highest BCUT2D eigenvalue weighted by Crippen LogP contribution is 2.46. The molecule has 0 aromatic carbocycles. The molecule has 1 amide bonds. The van der Waals surface area contributed by atoms with E-state index in [0.29, 0.717) is 13.2 Å². The summed E-state index contributed by atoms with van der Waals surface area (Å²) in [6, 6.07) is 4.15. The molecule has 4 nitrogen and oxygen atoms in total. The lowest BCUT2D eigenvalue weighted by molar-refractivity contribution is -0.131. The molecular formula is C15H20N2O2S. The number of hydrogen-bond acceptors (Lipinski definition) is 4. The van der Waals surface area contributed by atoms with Gasteiger partial charge < -0.3 is 9.64 Å². The van der Waals surface area contributed by atoms with Crippen LogP contribution >= 0.6 is 11.3 Å². The molecule has 1 aliphatic heterocycles. The van der Waals surface area contributed by atoms with E-state index in [2.05, 4.69) is 16.8 Å². The van der Waals surface area contributed by atoms with Crippen molar-refractivity contribution < 1.29 is 9.53 Å². The number of ether oxygens (including phenoxy) is 1. The lowest BCUT2D eigenvalue weighted by atomic mass is 10.3. The van der Waals surface area contributed by atoms with Crippen LogP contribution in [0.1, 0.15) is 36.7 Å². The van der Waals surface area contributed by atoms with Crippen molar-refractivity contribution in [3.63, 3.8) is 0 Å². The second-order valence-corrected chi connectivity index (χ2v) is 7.14. The number of hydrogen-bond donors (Lipinski definition) is 1. The quantitative estimate of drug-likeness (QED) is 0.817. The summed E-state index contributed by atoms with van der Waals surface area (Å²) >= 11 is 1.71. The Morgan fingerprint density at radius 2 is 2.30 bits per heavy atom. The van der Waals surface area contributed by atoms with E-state index in [-0.39, 0.29) is 17.6 Å². The normalized spacial score (nSPS) is 27.5. The predicted octanol–water partition coefficient (Wildman–Crippen LogP) is 2.14. The number of carbonyl (C=O) groups is 1. The smallest absolute Gasteiger partial charge is 0.244 e. The van der Waals surface area contributed by atoms with Gasteiger partial charge in [-0.2, -0.15) is 0 Å². The summed E-state index contributed by atoms with van der Waals surface area (Å²) in [6.07, 6.45) is 4.63. The third kappa shape index (κ3) is 2.28. The first-order valence-electron chi connectivity index (χ1n) is 7.48. The molecule has 0 radical (unpaired) electrons. The fraction of sp³-hybridized carbons (Fsp3) is 0.667. The summed E-state index contributed by atoms with van der Waals surface area (Å²) in [7, 11) is 0. The molecule has 1 spiro atoms. The van der Waals surface area contributed by atoms with Gasteiger partial charge in [0.15, 0.2) is 0 Å². The highest BCUT2D eigenvalue weighted by molar-refractivity contribution is 7.10. The van der Waals surface area contributed by atoms with Crippen LogP contribution in [-0.2, 0) is 9.53 Å². The zero-order valence-electron chi connectivity index (χ0n) is 11.5. The molecule has 1 atom stereocenters. The molecule has 2 aliphatic carbocycles. The predicted molar refractivity (Wildman–Crippen MR) is 77.4 cm³/mol. The molecule has 5 heteroatoms. The van der Waals surface area contributed by atoms with E-state index in [9.17, 15) is 4.79 Å². The third-order valence-corrected chi connectivity index (χ3v) is 5.41. The van der Waals surface area contributed by atoms with E-state index in [4.69, 9.17) is 4.74 Å². The first-order valence-corrected chi connectivity index (χ1v) is 8.36. The zero-order valence-corrected chi connectivity index (χ0v) is 12.3. The van der Waals surface area contributed by atoms with Crippen LogP contribution in [0.5, 0.6) is 0 Å². The Bertz CT molecular complexity index is 494.